The first-order valence-electron chi connectivity index (χ1n) is 11.1. The average molecular weight is 442 g/mol. The van der Waals surface area contributed by atoms with Crippen LogP contribution in [0.2, 0.25) is 0 Å². The van der Waals surface area contributed by atoms with Crippen LogP contribution in [0.4, 0.5) is 0 Å². The Balaban J connectivity index is 1.57. The van der Waals surface area contributed by atoms with Crippen molar-refractivity contribution in [2.45, 2.75) is 51.4 Å². The lowest BCUT2D eigenvalue weighted by molar-refractivity contribution is -0.241. The number of fused-ring (bicyclic) bond motifs is 1. The predicted octanol–water partition coefficient (Wildman–Crippen LogP) is 1.17. The van der Waals surface area contributed by atoms with E-state index in [0.29, 0.717) is 25.3 Å². The molecule has 0 aliphatic carbocycles. The fraction of sp³-hybridized carbons (Fsp3) is 0.478. The minimum absolute atomic E-state index is 0.0795. The Bertz CT molecular complexity index is 906. The topological polar surface area (TPSA) is 92.5 Å². The van der Waals surface area contributed by atoms with Gasteiger partial charge in [-0.15, -0.1) is 0 Å². The van der Waals surface area contributed by atoms with Crippen molar-refractivity contribution >= 4 is 11.8 Å². The normalized spacial score (nSPS) is 23.5. The third-order valence-corrected chi connectivity index (χ3v) is 6.06. The number of furan rings is 1. The molecule has 0 saturated carbocycles. The van der Waals surface area contributed by atoms with Crippen LogP contribution in [0.1, 0.15) is 31.1 Å². The van der Waals surface area contributed by atoms with Crippen molar-refractivity contribution in [3.8, 4) is 0 Å². The number of nitrogens with one attached hydrogen (secondary N) is 1. The van der Waals surface area contributed by atoms with E-state index in [1.807, 2.05) is 43.3 Å². The number of amides is 2. The number of aliphatic hydroxyl groups excluding tert-OH is 1. The van der Waals surface area contributed by atoms with Crippen molar-refractivity contribution in [2.75, 3.05) is 20.1 Å². The summed E-state index contributed by atoms with van der Waals surface area (Å²) in [5.74, 6) is 0.504. The number of rotatable bonds is 8. The van der Waals surface area contributed by atoms with Gasteiger partial charge in [0.15, 0.2) is 6.35 Å². The summed E-state index contributed by atoms with van der Waals surface area (Å²) in [5, 5.41) is 17.7. The highest BCUT2D eigenvalue weighted by Crippen LogP contribution is 2.29. The quantitative estimate of drug-likeness (QED) is 0.594. The minimum atomic E-state index is -1.03. The predicted molar refractivity (Wildman–Crippen MR) is 117 cm³/mol. The molecular weight excluding hydrogens is 410 g/mol. The van der Waals surface area contributed by atoms with Crippen LogP contribution in [-0.4, -0.2) is 75.4 Å². The zero-order valence-corrected chi connectivity index (χ0v) is 18.6. The van der Waals surface area contributed by atoms with E-state index in [9.17, 15) is 14.7 Å². The summed E-state index contributed by atoms with van der Waals surface area (Å²) in [5.41, 5.74) is 1.04. The minimum Gasteiger partial charge on any atom is -0.467 e. The zero-order valence-electron chi connectivity index (χ0n) is 18.6. The van der Waals surface area contributed by atoms with Gasteiger partial charge in [-0.25, -0.2) is 5.01 Å². The number of carbonyl (C=O) groups excluding carboxylic acids is 2. The fourth-order valence-electron chi connectivity index (χ4n) is 4.57. The van der Waals surface area contributed by atoms with Crippen molar-refractivity contribution in [2.24, 2.45) is 0 Å². The van der Waals surface area contributed by atoms with Crippen LogP contribution < -0.4 is 5.32 Å². The van der Waals surface area contributed by atoms with E-state index in [1.165, 1.54) is 0 Å². The molecule has 2 amide bonds. The number of hydrogen-bond acceptors (Lipinski definition) is 7. The number of hydrazine groups is 1. The molecule has 1 aromatic heterocycles. The Morgan fingerprint density at radius 2 is 1.97 bits per heavy atom. The van der Waals surface area contributed by atoms with Crippen molar-refractivity contribution in [1.29, 1.82) is 0 Å². The highest BCUT2D eigenvalue weighted by molar-refractivity contribution is 5.90. The number of benzene rings is 1. The molecule has 172 valence electrons. The Labute approximate surface area is 188 Å². The lowest BCUT2D eigenvalue weighted by atomic mass is 10.0. The molecule has 0 bridgehead atoms. The van der Waals surface area contributed by atoms with Crippen LogP contribution in [0.5, 0.6) is 0 Å². The summed E-state index contributed by atoms with van der Waals surface area (Å²) in [6.45, 7) is 3.19. The third kappa shape index (κ3) is 4.56. The van der Waals surface area contributed by atoms with E-state index >= 15 is 0 Å². The molecule has 0 spiro atoms. The van der Waals surface area contributed by atoms with E-state index in [-0.39, 0.29) is 24.9 Å². The molecule has 9 heteroatoms. The molecule has 2 N–H and O–H groups in total. The lowest BCUT2D eigenvalue weighted by Gasteiger charge is -2.55. The standard InChI is InChI=1S/C23H31N5O4/c1-3-8-19-22(30)26(14-18-11-7-12-32-18)15-20-27(19)21(29)16-25(2)28(20)23(31)24-13-17-9-5-4-6-10-17/h4-7,9-12,19-20,23-24,31H,3,8,13-16H2,1-2H3/t19-,20-,23?/m0/s1. The maximum atomic E-state index is 13.3. The molecule has 1 aromatic carbocycles. The van der Waals surface area contributed by atoms with Gasteiger partial charge >= 0.3 is 0 Å². The van der Waals surface area contributed by atoms with Gasteiger partial charge in [-0.2, -0.15) is 5.01 Å². The van der Waals surface area contributed by atoms with E-state index < -0.39 is 18.6 Å². The SMILES string of the molecule is CCC[C@H]1C(=O)N(Cc2ccco2)C[C@H]2N1C(=O)CN(C)N2C(O)NCc1ccccc1. The number of piperazine rings is 1. The number of aliphatic hydroxyl groups is 1. The molecule has 2 aromatic rings. The Hall–Kier alpha value is -2.72. The fourth-order valence-corrected chi connectivity index (χ4v) is 4.57. The molecule has 0 radical (unpaired) electrons. The van der Waals surface area contributed by atoms with Crippen molar-refractivity contribution < 1.29 is 19.1 Å². The largest absolute Gasteiger partial charge is 0.467 e. The van der Waals surface area contributed by atoms with Gasteiger partial charge in [0.2, 0.25) is 11.8 Å². The summed E-state index contributed by atoms with van der Waals surface area (Å²) in [6.07, 6.45) is 1.42. The third-order valence-electron chi connectivity index (χ3n) is 6.06. The van der Waals surface area contributed by atoms with E-state index in [0.717, 1.165) is 12.0 Å². The highest BCUT2D eigenvalue weighted by atomic mass is 16.3. The summed E-state index contributed by atoms with van der Waals surface area (Å²) < 4.78 is 5.46. The van der Waals surface area contributed by atoms with Gasteiger partial charge in [0.1, 0.15) is 18.0 Å². The Morgan fingerprint density at radius 1 is 1.19 bits per heavy atom. The molecule has 2 saturated heterocycles. The first-order chi connectivity index (χ1) is 15.5. The molecule has 4 rings (SSSR count). The molecule has 2 aliphatic rings. The molecule has 9 nitrogen and oxygen atoms in total. The van der Waals surface area contributed by atoms with Gasteiger partial charge in [0.25, 0.3) is 0 Å². The molecular formula is C23H31N5O4. The molecule has 2 fully saturated rings. The van der Waals surface area contributed by atoms with Gasteiger partial charge < -0.3 is 19.3 Å². The zero-order chi connectivity index (χ0) is 22.7. The number of hydrogen-bond donors (Lipinski definition) is 2. The van der Waals surface area contributed by atoms with Gasteiger partial charge in [-0.1, -0.05) is 43.7 Å². The van der Waals surface area contributed by atoms with Gasteiger partial charge in [0.05, 0.1) is 25.9 Å². The van der Waals surface area contributed by atoms with Crippen LogP contribution in [0, 0.1) is 0 Å². The second-order valence-electron chi connectivity index (χ2n) is 8.32. The monoisotopic (exact) mass is 441 g/mol. The highest BCUT2D eigenvalue weighted by Gasteiger charge is 2.50. The molecule has 32 heavy (non-hydrogen) atoms. The lowest BCUT2D eigenvalue weighted by Crippen LogP contribution is -2.76. The molecule has 2 aliphatic heterocycles. The van der Waals surface area contributed by atoms with E-state index in [1.54, 1.807) is 39.2 Å². The van der Waals surface area contributed by atoms with Crippen LogP contribution in [0.25, 0.3) is 0 Å². The van der Waals surface area contributed by atoms with Gasteiger partial charge in [0, 0.05) is 13.6 Å². The Kier molecular flexibility index (Phi) is 6.90. The average Bonchev–Trinajstić information content (AvgIpc) is 3.29. The van der Waals surface area contributed by atoms with Gasteiger partial charge in [-0.3, -0.25) is 14.9 Å². The maximum Gasteiger partial charge on any atom is 0.245 e. The molecule has 1 unspecified atom stereocenters. The van der Waals surface area contributed by atoms with Gasteiger partial charge in [-0.05, 0) is 24.1 Å². The number of carbonyl (C=O) groups is 2. The second kappa shape index (κ2) is 9.83. The van der Waals surface area contributed by atoms with Crippen molar-refractivity contribution in [1.82, 2.24) is 25.1 Å². The summed E-state index contributed by atoms with van der Waals surface area (Å²) in [4.78, 5) is 29.7. The van der Waals surface area contributed by atoms with Crippen LogP contribution in [-0.2, 0) is 22.7 Å². The smallest absolute Gasteiger partial charge is 0.245 e. The molecule has 3 heterocycles. The number of likely N-dealkylation sites (N-methyl/N-ethyl adjacent to an activating group) is 1. The van der Waals surface area contributed by atoms with Crippen molar-refractivity contribution in [3.05, 3.63) is 60.1 Å². The number of nitrogens with zero attached hydrogens (tertiary/aromatic N) is 4. The van der Waals surface area contributed by atoms with Crippen LogP contribution >= 0.6 is 0 Å². The second-order valence-corrected chi connectivity index (χ2v) is 8.32. The maximum absolute atomic E-state index is 13.3. The van der Waals surface area contributed by atoms with Crippen LogP contribution in [0.3, 0.4) is 0 Å². The van der Waals surface area contributed by atoms with E-state index in [2.05, 4.69) is 5.32 Å². The van der Waals surface area contributed by atoms with Crippen molar-refractivity contribution in [3.63, 3.8) is 0 Å². The summed E-state index contributed by atoms with van der Waals surface area (Å²) in [7, 11) is 1.78. The summed E-state index contributed by atoms with van der Waals surface area (Å²) >= 11 is 0. The van der Waals surface area contributed by atoms with Crippen LogP contribution in [0.15, 0.2) is 53.1 Å². The van der Waals surface area contributed by atoms with E-state index in [4.69, 9.17) is 4.42 Å². The Morgan fingerprint density at radius 3 is 2.66 bits per heavy atom. The summed E-state index contributed by atoms with van der Waals surface area (Å²) in [6, 6.07) is 12.9. The molecule has 3 atom stereocenters. The first kappa shape index (κ1) is 22.5. The first-order valence-corrected chi connectivity index (χ1v) is 11.1.